The third-order valence-corrected chi connectivity index (χ3v) is 4.56. The van der Waals surface area contributed by atoms with E-state index in [1.54, 1.807) is 36.4 Å². The molecule has 2 aromatic carbocycles. The lowest BCUT2D eigenvalue weighted by Crippen LogP contribution is -2.29. The Morgan fingerprint density at radius 1 is 1.00 bits per heavy atom. The summed E-state index contributed by atoms with van der Waals surface area (Å²) in [6.45, 7) is 0.100. The maximum absolute atomic E-state index is 12.3. The van der Waals surface area contributed by atoms with Gasteiger partial charge in [0, 0.05) is 20.1 Å². The van der Waals surface area contributed by atoms with Gasteiger partial charge in [-0.2, -0.15) is 0 Å². The second-order valence-electron chi connectivity index (χ2n) is 4.59. The van der Waals surface area contributed by atoms with Gasteiger partial charge in [0.15, 0.2) is 0 Å². The van der Waals surface area contributed by atoms with Crippen LogP contribution in [-0.2, 0) is 6.54 Å². The van der Waals surface area contributed by atoms with Crippen molar-refractivity contribution in [2.45, 2.75) is 6.54 Å². The van der Waals surface area contributed by atoms with Crippen LogP contribution in [0.3, 0.4) is 0 Å². The van der Waals surface area contributed by atoms with Crippen molar-refractivity contribution in [3.63, 3.8) is 0 Å². The number of hydrogen-bond acceptors (Lipinski definition) is 2. The fraction of sp³-hybridized carbons (Fsp3) is 0.0667. The lowest BCUT2D eigenvalue weighted by molar-refractivity contribution is 0.0642. The van der Waals surface area contributed by atoms with Crippen molar-refractivity contribution < 1.29 is 9.59 Å². The predicted octanol–water partition coefficient (Wildman–Crippen LogP) is 4.55. The number of nitrogens with zero attached hydrogens (tertiary/aromatic N) is 1. The summed E-state index contributed by atoms with van der Waals surface area (Å²) in [6.07, 6.45) is 0. The molecule has 0 spiro atoms. The average Bonchev–Trinajstić information content (AvgIpc) is 2.67. The fourth-order valence-corrected chi connectivity index (χ4v) is 3.65. The molecular weight excluding hydrogens is 377 g/mol. The summed E-state index contributed by atoms with van der Waals surface area (Å²) < 4.78 is 0.663. The molecule has 0 atom stereocenters. The Hall–Kier alpha value is -1.36. The number of carbonyl (C=O) groups is 2. The van der Waals surface area contributed by atoms with Crippen LogP contribution in [0.4, 0.5) is 0 Å². The van der Waals surface area contributed by atoms with Crippen LogP contribution in [0, 0.1) is 0 Å². The van der Waals surface area contributed by atoms with Crippen molar-refractivity contribution in [3.05, 3.63) is 67.6 Å². The fourth-order valence-electron chi connectivity index (χ4n) is 2.26. The summed E-state index contributed by atoms with van der Waals surface area (Å²) in [5.74, 6) is -0.623. The lowest BCUT2D eigenvalue weighted by Gasteiger charge is -2.16. The first-order chi connectivity index (χ1) is 9.99. The van der Waals surface area contributed by atoms with E-state index in [0.29, 0.717) is 31.2 Å². The van der Waals surface area contributed by atoms with Crippen molar-refractivity contribution >= 4 is 50.9 Å². The van der Waals surface area contributed by atoms with Crippen LogP contribution in [0.2, 0.25) is 10.0 Å². The van der Waals surface area contributed by atoms with Crippen molar-refractivity contribution in [2.75, 3.05) is 0 Å². The molecule has 0 bridgehead atoms. The van der Waals surface area contributed by atoms with E-state index in [0.717, 1.165) is 0 Å². The van der Waals surface area contributed by atoms with Gasteiger partial charge in [-0.1, -0.05) is 51.3 Å². The van der Waals surface area contributed by atoms with Gasteiger partial charge >= 0.3 is 0 Å². The van der Waals surface area contributed by atoms with Crippen LogP contribution >= 0.6 is 39.1 Å². The number of carbonyl (C=O) groups excluding carboxylic acids is 2. The van der Waals surface area contributed by atoms with E-state index in [1.807, 2.05) is 0 Å². The van der Waals surface area contributed by atoms with E-state index in [9.17, 15) is 9.59 Å². The van der Waals surface area contributed by atoms with Gasteiger partial charge < -0.3 is 0 Å². The quantitative estimate of drug-likeness (QED) is 0.712. The maximum Gasteiger partial charge on any atom is 0.261 e. The topological polar surface area (TPSA) is 37.4 Å². The molecule has 0 unspecified atom stereocenters. The van der Waals surface area contributed by atoms with Gasteiger partial charge in [-0.3, -0.25) is 14.5 Å². The van der Waals surface area contributed by atoms with E-state index in [-0.39, 0.29) is 18.4 Å². The van der Waals surface area contributed by atoms with Crippen LogP contribution in [0.25, 0.3) is 0 Å². The number of hydrogen-bond donors (Lipinski definition) is 0. The van der Waals surface area contributed by atoms with Crippen molar-refractivity contribution in [1.82, 2.24) is 4.90 Å². The van der Waals surface area contributed by atoms with E-state index in [2.05, 4.69) is 15.9 Å². The summed E-state index contributed by atoms with van der Waals surface area (Å²) >= 11 is 15.4. The molecule has 0 saturated heterocycles. The number of benzene rings is 2. The molecule has 0 N–H and O–H groups in total. The molecule has 2 amide bonds. The zero-order valence-corrected chi connectivity index (χ0v) is 13.7. The van der Waals surface area contributed by atoms with Crippen molar-refractivity contribution in [1.29, 1.82) is 0 Å². The summed E-state index contributed by atoms with van der Waals surface area (Å²) in [7, 11) is 0. The zero-order valence-electron chi connectivity index (χ0n) is 10.6. The van der Waals surface area contributed by atoms with E-state index >= 15 is 0 Å². The van der Waals surface area contributed by atoms with E-state index in [4.69, 9.17) is 23.2 Å². The third kappa shape index (κ3) is 2.48. The second kappa shape index (κ2) is 5.44. The van der Waals surface area contributed by atoms with Gasteiger partial charge in [0.25, 0.3) is 11.8 Å². The van der Waals surface area contributed by atoms with Gasteiger partial charge in [-0.25, -0.2) is 0 Å². The standard InChI is InChI=1S/C15H8BrCl2NO2/c16-12-5-8(17)6-13(18)11(12)7-19-14(20)9-3-1-2-4-10(9)15(19)21/h1-6H,7H2. The molecule has 1 aliphatic rings. The largest absolute Gasteiger partial charge is 0.270 e. The molecule has 106 valence electrons. The molecule has 21 heavy (non-hydrogen) atoms. The molecule has 2 aromatic rings. The smallest absolute Gasteiger partial charge is 0.261 e. The highest BCUT2D eigenvalue weighted by molar-refractivity contribution is 9.10. The molecular formula is C15H8BrCl2NO2. The number of fused-ring (bicyclic) bond motifs is 1. The normalized spacial score (nSPS) is 13.8. The first-order valence-electron chi connectivity index (χ1n) is 6.07. The molecule has 0 saturated carbocycles. The van der Waals surface area contributed by atoms with Gasteiger partial charge in [-0.05, 0) is 24.3 Å². The van der Waals surface area contributed by atoms with Crippen LogP contribution in [0.15, 0.2) is 40.9 Å². The monoisotopic (exact) mass is 383 g/mol. The summed E-state index contributed by atoms with van der Waals surface area (Å²) in [4.78, 5) is 25.8. The second-order valence-corrected chi connectivity index (χ2v) is 6.29. The molecule has 0 aromatic heterocycles. The van der Waals surface area contributed by atoms with E-state index in [1.165, 1.54) is 4.90 Å². The molecule has 0 aliphatic carbocycles. The van der Waals surface area contributed by atoms with Crippen molar-refractivity contribution in [3.8, 4) is 0 Å². The van der Waals surface area contributed by atoms with Crippen LogP contribution in [0.1, 0.15) is 26.3 Å². The molecule has 3 nitrogen and oxygen atoms in total. The van der Waals surface area contributed by atoms with Gasteiger partial charge in [0.1, 0.15) is 0 Å². The Morgan fingerprint density at radius 3 is 2.10 bits per heavy atom. The van der Waals surface area contributed by atoms with Crippen LogP contribution in [0.5, 0.6) is 0 Å². The minimum Gasteiger partial charge on any atom is -0.270 e. The SMILES string of the molecule is O=C1c2ccccc2C(=O)N1Cc1c(Cl)cc(Cl)cc1Br. The lowest BCUT2D eigenvalue weighted by atomic mass is 10.1. The van der Waals surface area contributed by atoms with Crippen LogP contribution < -0.4 is 0 Å². The summed E-state index contributed by atoms with van der Waals surface area (Å²) in [5, 5.41) is 0.893. The third-order valence-electron chi connectivity index (χ3n) is 3.30. The van der Waals surface area contributed by atoms with Gasteiger partial charge in [0.05, 0.1) is 17.7 Å². The Balaban J connectivity index is 1.98. The first kappa shape index (κ1) is 14.6. The van der Waals surface area contributed by atoms with Crippen LogP contribution in [-0.4, -0.2) is 16.7 Å². The molecule has 6 heteroatoms. The number of halogens is 3. The van der Waals surface area contributed by atoms with Crippen molar-refractivity contribution in [2.24, 2.45) is 0 Å². The summed E-state index contributed by atoms with van der Waals surface area (Å²) in [5.41, 5.74) is 1.49. The summed E-state index contributed by atoms with van der Waals surface area (Å²) in [6, 6.07) is 10.0. The number of rotatable bonds is 2. The highest BCUT2D eigenvalue weighted by atomic mass is 79.9. The first-order valence-corrected chi connectivity index (χ1v) is 7.62. The number of amides is 2. The minimum atomic E-state index is -0.312. The highest BCUT2D eigenvalue weighted by Crippen LogP contribution is 2.32. The Kier molecular flexibility index (Phi) is 3.78. The molecule has 1 aliphatic heterocycles. The van der Waals surface area contributed by atoms with Gasteiger partial charge in [0.2, 0.25) is 0 Å². The Morgan fingerprint density at radius 2 is 1.57 bits per heavy atom. The van der Waals surface area contributed by atoms with E-state index < -0.39 is 0 Å². The molecule has 3 rings (SSSR count). The number of imide groups is 1. The molecule has 0 radical (unpaired) electrons. The Bertz CT molecular complexity index is 718. The Labute approximate surface area is 139 Å². The average molecular weight is 385 g/mol. The van der Waals surface area contributed by atoms with Gasteiger partial charge in [-0.15, -0.1) is 0 Å². The zero-order chi connectivity index (χ0) is 15.1. The maximum atomic E-state index is 12.3. The highest BCUT2D eigenvalue weighted by Gasteiger charge is 2.35. The predicted molar refractivity (Wildman–Crippen MR) is 84.8 cm³/mol. The minimum absolute atomic E-state index is 0.100. The molecule has 0 fully saturated rings. The molecule has 1 heterocycles.